The summed E-state index contributed by atoms with van der Waals surface area (Å²) in [5.74, 6) is 2.68. The number of anilines is 1. The maximum Gasteiger partial charge on any atom is 0.231 e. The molecule has 5 rings (SSSR count). The third-order valence-corrected chi connectivity index (χ3v) is 5.55. The molecule has 28 heavy (non-hydrogen) atoms. The van der Waals surface area contributed by atoms with Gasteiger partial charge in [0.15, 0.2) is 11.5 Å². The van der Waals surface area contributed by atoms with Crippen LogP contribution in [-0.2, 0) is 0 Å². The first kappa shape index (κ1) is 16.9. The Hall–Kier alpha value is -3.21. The summed E-state index contributed by atoms with van der Waals surface area (Å²) in [5.41, 5.74) is 3.45. The minimum Gasteiger partial charge on any atom is -0.507 e. The Bertz CT molecular complexity index is 1030. The lowest BCUT2D eigenvalue weighted by Crippen LogP contribution is -2.27. The highest BCUT2D eigenvalue weighted by Crippen LogP contribution is 2.43. The lowest BCUT2D eigenvalue weighted by atomic mass is 10.0. The first-order chi connectivity index (χ1) is 13.7. The van der Waals surface area contributed by atoms with Crippen molar-refractivity contribution < 1.29 is 14.6 Å². The van der Waals surface area contributed by atoms with Crippen molar-refractivity contribution in [1.29, 1.82) is 0 Å². The first-order valence-corrected chi connectivity index (χ1v) is 9.67. The molecule has 2 aromatic carbocycles. The zero-order valence-corrected chi connectivity index (χ0v) is 15.8. The molecule has 0 radical (unpaired) electrons. The number of hydrogen-bond donors (Lipinski definition) is 1. The molecular formula is C23H22N2O3. The van der Waals surface area contributed by atoms with Gasteiger partial charge >= 0.3 is 0 Å². The molecule has 5 nitrogen and oxygen atoms in total. The van der Waals surface area contributed by atoms with Crippen LogP contribution >= 0.6 is 0 Å². The second-order valence-electron chi connectivity index (χ2n) is 7.34. The van der Waals surface area contributed by atoms with Crippen molar-refractivity contribution >= 4 is 5.82 Å². The van der Waals surface area contributed by atoms with Crippen molar-refractivity contribution in [2.75, 3.05) is 18.2 Å². The van der Waals surface area contributed by atoms with Crippen LogP contribution in [0, 0.1) is 0 Å². The normalized spacial score (nSPS) is 17.9. The van der Waals surface area contributed by atoms with Gasteiger partial charge in [-0.25, -0.2) is 4.98 Å². The average molecular weight is 374 g/mol. The molecule has 2 aliphatic rings. The van der Waals surface area contributed by atoms with Gasteiger partial charge in [-0.3, -0.25) is 0 Å². The Kier molecular flexibility index (Phi) is 4.08. The maximum absolute atomic E-state index is 10.4. The largest absolute Gasteiger partial charge is 0.507 e. The predicted molar refractivity (Wildman–Crippen MR) is 109 cm³/mol. The fourth-order valence-electron chi connectivity index (χ4n) is 4.08. The van der Waals surface area contributed by atoms with Gasteiger partial charge in [-0.05, 0) is 55.7 Å². The van der Waals surface area contributed by atoms with Crippen LogP contribution in [0.3, 0.4) is 0 Å². The molecule has 1 N–H and O–H groups in total. The second-order valence-corrected chi connectivity index (χ2v) is 7.34. The number of nitrogens with zero attached hydrogens (tertiary/aromatic N) is 2. The van der Waals surface area contributed by atoms with E-state index in [-0.39, 0.29) is 12.5 Å². The number of rotatable bonds is 3. The van der Waals surface area contributed by atoms with E-state index in [4.69, 9.17) is 14.5 Å². The van der Waals surface area contributed by atoms with Crippen molar-refractivity contribution in [2.45, 2.75) is 25.8 Å². The maximum atomic E-state index is 10.4. The monoisotopic (exact) mass is 374 g/mol. The van der Waals surface area contributed by atoms with Crippen molar-refractivity contribution in [3.63, 3.8) is 0 Å². The number of benzene rings is 2. The van der Waals surface area contributed by atoms with Crippen LogP contribution in [0.1, 0.15) is 19.8 Å². The van der Waals surface area contributed by atoms with E-state index < -0.39 is 0 Å². The summed E-state index contributed by atoms with van der Waals surface area (Å²) in [7, 11) is 0. The van der Waals surface area contributed by atoms with Gasteiger partial charge in [-0.15, -0.1) is 0 Å². The van der Waals surface area contributed by atoms with Crippen LogP contribution < -0.4 is 14.4 Å². The summed E-state index contributed by atoms with van der Waals surface area (Å²) in [6, 6.07) is 17.8. The minimum absolute atomic E-state index is 0.227. The van der Waals surface area contributed by atoms with Crippen LogP contribution in [0.25, 0.3) is 22.4 Å². The molecule has 0 saturated carbocycles. The third-order valence-electron chi connectivity index (χ3n) is 5.55. The van der Waals surface area contributed by atoms with Gasteiger partial charge < -0.3 is 19.5 Å². The Morgan fingerprint density at radius 2 is 1.89 bits per heavy atom. The van der Waals surface area contributed by atoms with Gasteiger partial charge in [0, 0.05) is 23.7 Å². The Balaban J connectivity index is 1.70. The van der Waals surface area contributed by atoms with Crippen LogP contribution in [0.15, 0.2) is 54.6 Å². The summed E-state index contributed by atoms with van der Waals surface area (Å²) >= 11 is 0. The molecule has 0 aliphatic carbocycles. The van der Waals surface area contributed by atoms with Crippen molar-refractivity contribution in [1.82, 2.24) is 4.98 Å². The van der Waals surface area contributed by atoms with Crippen LogP contribution in [0.5, 0.6) is 17.2 Å². The van der Waals surface area contributed by atoms with Gasteiger partial charge in [0.2, 0.25) is 6.79 Å². The molecule has 1 saturated heterocycles. The van der Waals surface area contributed by atoms with Crippen LogP contribution in [0.4, 0.5) is 5.82 Å². The summed E-state index contributed by atoms with van der Waals surface area (Å²) in [6.45, 7) is 3.46. The van der Waals surface area contributed by atoms with E-state index in [0.717, 1.165) is 59.1 Å². The van der Waals surface area contributed by atoms with E-state index >= 15 is 0 Å². The summed E-state index contributed by atoms with van der Waals surface area (Å²) in [4.78, 5) is 7.25. The van der Waals surface area contributed by atoms with Gasteiger partial charge in [0.1, 0.15) is 11.6 Å². The standard InChI is InChI=1S/C23H22N2O3/c1-15-6-5-11-25(15)22-13-16(17-8-4-10-21-23(17)28-14-27-21)12-19(24-22)18-7-2-3-9-20(18)26/h2-4,7-10,12-13,15,26H,5-6,11,14H2,1H3. The van der Waals surface area contributed by atoms with Gasteiger partial charge in [-0.2, -0.15) is 0 Å². The van der Waals surface area contributed by atoms with E-state index in [2.05, 4.69) is 17.9 Å². The topological polar surface area (TPSA) is 54.8 Å². The van der Waals surface area contributed by atoms with E-state index in [9.17, 15) is 5.11 Å². The van der Waals surface area contributed by atoms with E-state index in [1.807, 2.05) is 42.5 Å². The number of pyridine rings is 1. The molecule has 142 valence electrons. The Morgan fingerprint density at radius 3 is 2.71 bits per heavy atom. The van der Waals surface area contributed by atoms with E-state index in [0.29, 0.717) is 6.04 Å². The minimum atomic E-state index is 0.227. The highest BCUT2D eigenvalue weighted by Gasteiger charge is 2.25. The fraction of sp³-hybridized carbons (Fsp3) is 0.261. The number of fused-ring (bicyclic) bond motifs is 1. The van der Waals surface area contributed by atoms with Crippen molar-refractivity contribution in [2.24, 2.45) is 0 Å². The van der Waals surface area contributed by atoms with Gasteiger partial charge in [0.05, 0.1) is 5.69 Å². The Labute approximate surface area is 164 Å². The molecule has 2 aliphatic heterocycles. The number of phenolic OH excluding ortho intramolecular Hbond substituents is 1. The molecule has 1 unspecified atom stereocenters. The lowest BCUT2D eigenvalue weighted by molar-refractivity contribution is 0.174. The zero-order valence-electron chi connectivity index (χ0n) is 15.8. The Morgan fingerprint density at radius 1 is 1.04 bits per heavy atom. The van der Waals surface area contributed by atoms with E-state index in [1.165, 1.54) is 0 Å². The number of ether oxygens (including phenoxy) is 2. The molecule has 3 heterocycles. The van der Waals surface area contributed by atoms with Crippen LogP contribution in [0.2, 0.25) is 0 Å². The van der Waals surface area contributed by atoms with Crippen molar-refractivity contribution in [3.05, 3.63) is 54.6 Å². The van der Waals surface area contributed by atoms with Crippen molar-refractivity contribution in [3.8, 4) is 39.6 Å². The molecule has 1 atom stereocenters. The molecular weight excluding hydrogens is 352 g/mol. The van der Waals surface area contributed by atoms with Gasteiger partial charge in [0.25, 0.3) is 0 Å². The lowest BCUT2D eigenvalue weighted by Gasteiger charge is -2.24. The SMILES string of the molecule is CC1CCCN1c1cc(-c2cccc3c2OCO3)cc(-c2ccccc2O)n1. The molecule has 0 spiro atoms. The van der Waals surface area contributed by atoms with E-state index in [1.54, 1.807) is 6.07 Å². The summed E-state index contributed by atoms with van der Waals surface area (Å²) in [5, 5.41) is 10.4. The second kappa shape index (κ2) is 6.75. The molecule has 0 amide bonds. The number of para-hydroxylation sites is 2. The van der Waals surface area contributed by atoms with Gasteiger partial charge in [-0.1, -0.05) is 24.3 Å². The average Bonchev–Trinajstić information content (AvgIpc) is 3.36. The molecule has 1 fully saturated rings. The summed E-state index contributed by atoms with van der Waals surface area (Å²) < 4.78 is 11.3. The number of hydrogen-bond acceptors (Lipinski definition) is 5. The van der Waals surface area contributed by atoms with Crippen LogP contribution in [-0.4, -0.2) is 29.5 Å². The molecule has 1 aromatic heterocycles. The highest BCUT2D eigenvalue weighted by molar-refractivity contribution is 5.81. The predicted octanol–water partition coefficient (Wildman–Crippen LogP) is 4.84. The number of aromatic hydroxyl groups is 1. The fourth-order valence-corrected chi connectivity index (χ4v) is 4.08. The summed E-state index contributed by atoms with van der Waals surface area (Å²) in [6.07, 6.45) is 2.33. The quantitative estimate of drug-likeness (QED) is 0.711. The molecule has 0 bridgehead atoms. The number of phenols is 1. The number of aromatic nitrogens is 1. The smallest absolute Gasteiger partial charge is 0.231 e. The first-order valence-electron chi connectivity index (χ1n) is 9.67. The molecule has 5 heteroatoms. The zero-order chi connectivity index (χ0) is 19.1. The third kappa shape index (κ3) is 2.83. The molecule has 3 aromatic rings. The highest BCUT2D eigenvalue weighted by atomic mass is 16.7.